The molecule has 1 aromatic heterocycles. The third-order valence-corrected chi connectivity index (χ3v) is 2.40. The number of amides is 1. The van der Waals surface area contributed by atoms with Gasteiger partial charge in [0.05, 0.1) is 0 Å². The number of aryl methyl sites for hydroxylation is 1. The van der Waals surface area contributed by atoms with Crippen molar-refractivity contribution >= 4 is 11.6 Å². The van der Waals surface area contributed by atoms with Crippen LogP contribution in [0.4, 0.5) is 5.69 Å². The van der Waals surface area contributed by atoms with Crippen molar-refractivity contribution in [3.05, 3.63) is 35.2 Å². The summed E-state index contributed by atoms with van der Waals surface area (Å²) in [5, 5.41) is 15.5. The number of H-pyrrole nitrogens is 1. The van der Waals surface area contributed by atoms with Crippen molar-refractivity contribution < 1.29 is 4.79 Å². The van der Waals surface area contributed by atoms with Gasteiger partial charge in [0, 0.05) is 5.69 Å². The molecule has 82 valence electrons. The van der Waals surface area contributed by atoms with Gasteiger partial charge in [-0.25, -0.2) is 0 Å². The SMILES string of the molecule is Cc1cccc(NC(=O)c2nn[nH]n2)c1C. The largest absolute Gasteiger partial charge is 0.319 e. The number of aromatic amines is 1. The van der Waals surface area contributed by atoms with E-state index < -0.39 is 0 Å². The van der Waals surface area contributed by atoms with Crippen LogP contribution in [0.2, 0.25) is 0 Å². The summed E-state index contributed by atoms with van der Waals surface area (Å²) in [5.74, 6) is -0.344. The summed E-state index contributed by atoms with van der Waals surface area (Å²) in [6, 6.07) is 5.70. The Morgan fingerprint density at radius 1 is 1.38 bits per heavy atom. The number of rotatable bonds is 2. The molecule has 1 aromatic carbocycles. The Morgan fingerprint density at radius 2 is 2.19 bits per heavy atom. The molecule has 0 fully saturated rings. The third kappa shape index (κ3) is 1.90. The number of carbonyl (C=O) groups excluding carboxylic acids is 1. The number of hydrogen-bond acceptors (Lipinski definition) is 4. The maximum absolute atomic E-state index is 11.6. The average Bonchev–Trinajstić information content (AvgIpc) is 2.78. The Bertz CT molecular complexity index is 506. The number of nitrogens with one attached hydrogen (secondary N) is 2. The van der Waals surface area contributed by atoms with Gasteiger partial charge in [0.25, 0.3) is 11.7 Å². The number of nitrogens with zero attached hydrogens (tertiary/aromatic N) is 3. The van der Waals surface area contributed by atoms with Crippen molar-refractivity contribution in [3.63, 3.8) is 0 Å². The zero-order chi connectivity index (χ0) is 11.5. The van der Waals surface area contributed by atoms with Crippen LogP contribution in [0.1, 0.15) is 21.7 Å². The number of benzene rings is 1. The predicted molar refractivity (Wildman–Crippen MR) is 58.0 cm³/mol. The molecule has 0 radical (unpaired) electrons. The van der Waals surface area contributed by atoms with E-state index in [1.165, 1.54) is 0 Å². The predicted octanol–water partition coefficient (Wildman–Crippen LogP) is 1.07. The molecule has 0 saturated heterocycles. The topological polar surface area (TPSA) is 83.6 Å². The van der Waals surface area contributed by atoms with Crippen LogP contribution < -0.4 is 5.32 Å². The summed E-state index contributed by atoms with van der Waals surface area (Å²) in [4.78, 5) is 11.6. The summed E-state index contributed by atoms with van der Waals surface area (Å²) in [6.07, 6.45) is 0. The van der Waals surface area contributed by atoms with Crippen LogP contribution in [0.25, 0.3) is 0 Å². The molecule has 1 amide bonds. The molecule has 0 spiro atoms. The second kappa shape index (κ2) is 4.09. The third-order valence-electron chi connectivity index (χ3n) is 2.40. The molecule has 6 nitrogen and oxygen atoms in total. The summed E-state index contributed by atoms with van der Waals surface area (Å²) in [7, 11) is 0. The average molecular weight is 217 g/mol. The molecule has 0 atom stereocenters. The zero-order valence-electron chi connectivity index (χ0n) is 8.98. The molecular formula is C10H11N5O. The van der Waals surface area contributed by atoms with E-state index in [9.17, 15) is 4.79 Å². The maximum Gasteiger partial charge on any atom is 0.297 e. The number of aromatic nitrogens is 4. The van der Waals surface area contributed by atoms with Gasteiger partial charge >= 0.3 is 0 Å². The fourth-order valence-corrected chi connectivity index (χ4v) is 1.32. The van der Waals surface area contributed by atoms with Gasteiger partial charge in [0.15, 0.2) is 0 Å². The van der Waals surface area contributed by atoms with Crippen LogP contribution in [0.3, 0.4) is 0 Å². The van der Waals surface area contributed by atoms with Crippen LogP contribution in [0, 0.1) is 13.8 Å². The normalized spacial score (nSPS) is 10.1. The van der Waals surface area contributed by atoms with E-state index in [0.29, 0.717) is 0 Å². The van der Waals surface area contributed by atoms with Gasteiger partial charge in [-0.2, -0.15) is 5.21 Å². The first-order valence-electron chi connectivity index (χ1n) is 4.79. The van der Waals surface area contributed by atoms with Gasteiger partial charge in [0.2, 0.25) is 0 Å². The first-order chi connectivity index (χ1) is 7.68. The van der Waals surface area contributed by atoms with Gasteiger partial charge in [-0.1, -0.05) is 12.1 Å². The van der Waals surface area contributed by atoms with Gasteiger partial charge < -0.3 is 5.32 Å². The zero-order valence-corrected chi connectivity index (χ0v) is 8.98. The van der Waals surface area contributed by atoms with E-state index in [0.717, 1.165) is 16.8 Å². The number of carbonyl (C=O) groups is 1. The molecule has 0 unspecified atom stereocenters. The summed E-state index contributed by atoms with van der Waals surface area (Å²) < 4.78 is 0. The standard InChI is InChI=1S/C10H11N5O/c1-6-4-3-5-8(7(6)2)11-10(16)9-12-14-15-13-9/h3-5H,1-2H3,(H,11,16)(H,12,13,14,15). The monoisotopic (exact) mass is 217 g/mol. The van der Waals surface area contributed by atoms with Crippen LogP contribution in [-0.2, 0) is 0 Å². The Kier molecular flexibility index (Phi) is 2.63. The highest BCUT2D eigenvalue weighted by Gasteiger charge is 2.12. The highest BCUT2D eigenvalue weighted by atomic mass is 16.2. The molecular weight excluding hydrogens is 206 g/mol. The minimum absolute atomic E-state index is 0.0286. The van der Waals surface area contributed by atoms with E-state index in [-0.39, 0.29) is 11.7 Å². The molecule has 1 heterocycles. The van der Waals surface area contributed by atoms with Crippen LogP contribution in [0.15, 0.2) is 18.2 Å². The van der Waals surface area contributed by atoms with Crippen molar-refractivity contribution in [2.45, 2.75) is 13.8 Å². The minimum Gasteiger partial charge on any atom is -0.319 e. The molecule has 0 aliphatic rings. The summed E-state index contributed by atoms with van der Waals surface area (Å²) in [5.41, 5.74) is 2.90. The van der Waals surface area contributed by atoms with Crippen LogP contribution >= 0.6 is 0 Å². The Labute approximate surface area is 92.1 Å². The number of anilines is 1. The molecule has 2 aromatic rings. The molecule has 0 aliphatic carbocycles. The van der Waals surface area contributed by atoms with Crippen molar-refractivity contribution in [3.8, 4) is 0 Å². The molecule has 0 aliphatic heterocycles. The highest BCUT2D eigenvalue weighted by Crippen LogP contribution is 2.18. The molecule has 2 N–H and O–H groups in total. The Morgan fingerprint density at radius 3 is 2.88 bits per heavy atom. The van der Waals surface area contributed by atoms with E-state index in [1.54, 1.807) is 0 Å². The second-order valence-corrected chi connectivity index (χ2v) is 3.44. The van der Waals surface area contributed by atoms with Crippen molar-refractivity contribution in [2.24, 2.45) is 0 Å². The fraction of sp³-hybridized carbons (Fsp3) is 0.200. The lowest BCUT2D eigenvalue weighted by atomic mass is 10.1. The highest BCUT2D eigenvalue weighted by molar-refractivity contribution is 6.01. The minimum atomic E-state index is -0.373. The molecule has 0 saturated carbocycles. The Balaban J connectivity index is 2.22. The lowest BCUT2D eigenvalue weighted by Crippen LogP contribution is -2.14. The van der Waals surface area contributed by atoms with Gasteiger partial charge in [-0.05, 0) is 36.3 Å². The van der Waals surface area contributed by atoms with Crippen molar-refractivity contribution in [1.29, 1.82) is 0 Å². The Hall–Kier alpha value is -2.24. The lowest BCUT2D eigenvalue weighted by Gasteiger charge is -2.08. The quantitative estimate of drug-likeness (QED) is 0.788. The van der Waals surface area contributed by atoms with E-state index in [4.69, 9.17) is 0 Å². The first kappa shape index (κ1) is 10.3. The fourth-order valence-electron chi connectivity index (χ4n) is 1.32. The van der Waals surface area contributed by atoms with Gasteiger partial charge in [0.1, 0.15) is 0 Å². The number of tetrazole rings is 1. The van der Waals surface area contributed by atoms with Crippen LogP contribution in [0.5, 0.6) is 0 Å². The van der Waals surface area contributed by atoms with Crippen molar-refractivity contribution in [1.82, 2.24) is 20.6 Å². The van der Waals surface area contributed by atoms with E-state index in [1.807, 2.05) is 32.0 Å². The second-order valence-electron chi connectivity index (χ2n) is 3.44. The lowest BCUT2D eigenvalue weighted by molar-refractivity contribution is 0.101. The number of hydrogen-bond donors (Lipinski definition) is 2. The van der Waals surface area contributed by atoms with Crippen LogP contribution in [-0.4, -0.2) is 26.5 Å². The van der Waals surface area contributed by atoms with E-state index in [2.05, 4.69) is 25.9 Å². The molecule has 6 heteroatoms. The molecule has 0 bridgehead atoms. The van der Waals surface area contributed by atoms with Crippen molar-refractivity contribution in [2.75, 3.05) is 5.32 Å². The summed E-state index contributed by atoms with van der Waals surface area (Å²) >= 11 is 0. The van der Waals surface area contributed by atoms with Gasteiger partial charge in [-0.15, -0.1) is 10.2 Å². The maximum atomic E-state index is 11.6. The molecule has 16 heavy (non-hydrogen) atoms. The van der Waals surface area contributed by atoms with Gasteiger partial charge in [-0.3, -0.25) is 4.79 Å². The smallest absolute Gasteiger partial charge is 0.297 e. The molecule has 2 rings (SSSR count). The summed E-state index contributed by atoms with van der Waals surface area (Å²) in [6.45, 7) is 3.93. The first-order valence-corrected chi connectivity index (χ1v) is 4.79. The van der Waals surface area contributed by atoms with E-state index >= 15 is 0 Å².